The molecule has 1 unspecified atom stereocenters. The van der Waals surface area contributed by atoms with Gasteiger partial charge in [0, 0.05) is 13.0 Å². The fourth-order valence-corrected chi connectivity index (χ4v) is 5.48. The highest BCUT2D eigenvalue weighted by molar-refractivity contribution is 6.62. The van der Waals surface area contributed by atoms with Crippen LogP contribution in [0.15, 0.2) is 18.2 Å². The van der Waals surface area contributed by atoms with Crippen LogP contribution in [0.5, 0.6) is 0 Å². The standard InChI is InChI=1S/C24H32BN3O5/c1-14(29)27-19-12-16(25-31-13-24(5,6)33-25)8-10-18(19)26-21(27)20-15-7-9-17(11-15)28(20)22(30)32-23(2,3)4/h8,10,12,15,17,20H,7,9,11,13H2,1-6H3/t15-,17?,20-/m0/s1. The van der Waals surface area contributed by atoms with Gasteiger partial charge >= 0.3 is 13.2 Å². The first-order valence-corrected chi connectivity index (χ1v) is 11.8. The molecule has 3 atom stereocenters. The Hall–Kier alpha value is -2.39. The molecule has 5 rings (SSSR count). The van der Waals surface area contributed by atoms with Gasteiger partial charge in [0.15, 0.2) is 0 Å². The van der Waals surface area contributed by atoms with Crippen LogP contribution in [-0.4, -0.2) is 57.4 Å². The Morgan fingerprint density at radius 2 is 2.00 bits per heavy atom. The van der Waals surface area contributed by atoms with Crippen molar-refractivity contribution in [3.63, 3.8) is 0 Å². The molecule has 1 amide bonds. The van der Waals surface area contributed by atoms with Gasteiger partial charge in [-0.15, -0.1) is 0 Å². The highest BCUT2D eigenvalue weighted by atomic mass is 16.7. The van der Waals surface area contributed by atoms with Gasteiger partial charge in [0.1, 0.15) is 11.4 Å². The number of amides is 1. The molecule has 2 bridgehead atoms. The Morgan fingerprint density at radius 3 is 2.64 bits per heavy atom. The molecule has 2 saturated heterocycles. The average molecular weight is 453 g/mol. The van der Waals surface area contributed by atoms with Gasteiger partial charge in [-0.3, -0.25) is 14.3 Å². The second-order valence-corrected chi connectivity index (χ2v) is 11.2. The van der Waals surface area contributed by atoms with Gasteiger partial charge in [0.25, 0.3) is 0 Å². The van der Waals surface area contributed by atoms with Crippen molar-refractivity contribution in [1.82, 2.24) is 14.5 Å². The molecule has 2 aromatic rings. The lowest BCUT2D eigenvalue weighted by Crippen LogP contribution is -2.44. The molecule has 3 heterocycles. The van der Waals surface area contributed by atoms with Gasteiger partial charge < -0.3 is 14.0 Å². The van der Waals surface area contributed by atoms with Crippen LogP contribution >= 0.6 is 0 Å². The Kier molecular flexibility index (Phi) is 5.14. The number of piperidine rings is 1. The number of imidazole rings is 1. The van der Waals surface area contributed by atoms with Crippen LogP contribution in [-0.2, 0) is 14.0 Å². The summed E-state index contributed by atoms with van der Waals surface area (Å²) in [6.07, 6.45) is 2.55. The molecular formula is C24H32BN3O5. The zero-order valence-corrected chi connectivity index (χ0v) is 20.3. The number of carbonyl (C=O) groups excluding carboxylic acids is 2. The molecule has 176 valence electrons. The maximum atomic E-state index is 13.2. The summed E-state index contributed by atoms with van der Waals surface area (Å²) >= 11 is 0. The summed E-state index contributed by atoms with van der Waals surface area (Å²) in [6, 6.07) is 5.59. The van der Waals surface area contributed by atoms with E-state index in [2.05, 4.69) is 0 Å². The minimum Gasteiger partial charge on any atom is -0.444 e. The zero-order valence-electron chi connectivity index (χ0n) is 20.3. The second-order valence-electron chi connectivity index (χ2n) is 11.2. The number of benzene rings is 1. The van der Waals surface area contributed by atoms with Gasteiger partial charge in [0.05, 0.1) is 29.3 Å². The van der Waals surface area contributed by atoms with E-state index in [1.165, 1.54) is 6.92 Å². The molecule has 3 aliphatic rings. The van der Waals surface area contributed by atoms with Gasteiger partial charge in [-0.1, -0.05) is 6.07 Å². The molecule has 1 aliphatic carbocycles. The fraction of sp³-hybridized carbons (Fsp3) is 0.625. The van der Waals surface area contributed by atoms with E-state index in [1.807, 2.05) is 57.7 Å². The number of fused-ring (bicyclic) bond motifs is 3. The number of aromatic nitrogens is 2. The fourth-order valence-electron chi connectivity index (χ4n) is 5.48. The number of hydrogen-bond donors (Lipinski definition) is 0. The molecule has 2 aliphatic heterocycles. The van der Waals surface area contributed by atoms with Crippen molar-refractivity contribution in [2.24, 2.45) is 5.92 Å². The van der Waals surface area contributed by atoms with E-state index < -0.39 is 12.7 Å². The second kappa shape index (κ2) is 7.57. The van der Waals surface area contributed by atoms with Crippen LogP contribution in [0.1, 0.15) is 77.5 Å². The predicted octanol–water partition coefficient (Wildman–Crippen LogP) is 3.68. The lowest BCUT2D eigenvalue weighted by atomic mass is 9.79. The largest absolute Gasteiger partial charge is 0.494 e. The summed E-state index contributed by atoms with van der Waals surface area (Å²) in [5, 5.41) is 0. The van der Waals surface area contributed by atoms with Gasteiger partial charge in [-0.2, -0.15) is 0 Å². The monoisotopic (exact) mass is 453 g/mol. The van der Waals surface area contributed by atoms with Crippen molar-refractivity contribution in [3.05, 3.63) is 24.0 Å². The first kappa shape index (κ1) is 22.4. The molecule has 1 aromatic heterocycles. The molecule has 1 aromatic carbocycles. The minimum absolute atomic E-state index is 0.119. The number of likely N-dealkylation sites (tertiary alicyclic amines) is 1. The third-order valence-corrected chi connectivity index (χ3v) is 6.75. The highest BCUT2D eigenvalue weighted by Gasteiger charge is 2.52. The molecule has 0 radical (unpaired) electrons. The van der Waals surface area contributed by atoms with E-state index in [0.29, 0.717) is 23.5 Å². The van der Waals surface area contributed by atoms with Crippen LogP contribution in [0, 0.1) is 5.92 Å². The van der Waals surface area contributed by atoms with Gasteiger partial charge in [0.2, 0.25) is 5.91 Å². The van der Waals surface area contributed by atoms with E-state index in [9.17, 15) is 9.59 Å². The molecular weight excluding hydrogens is 421 g/mol. The number of rotatable bonds is 2. The van der Waals surface area contributed by atoms with E-state index in [4.69, 9.17) is 19.0 Å². The molecule has 33 heavy (non-hydrogen) atoms. The van der Waals surface area contributed by atoms with Crippen molar-refractivity contribution in [3.8, 4) is 0 Å². The summed E-state index contributed by atoms with van der Waals surface area (Å²) in [5.41, 5.74) is 1.32. The quantitative estimate of drug-likeness (QED) is 0.646. The van der Waals surface area contributed by atoms with Crippen molar-refractivity contribution in [1.29, 1.82) is 0 Å². The highest BCUT2D eigenvalue weighted by Crippen LogP contribution is 2.50. The lowest BCUT2D eigenvalue weighted by molar-refractivity contribution is 0.00571. The summed E-state index contributed by atoms with van der Waals surface area (Å²) in [7, 11) is -0.482. The van der Waals surface area contributed by atoms with Crippen LogP contribution in [0.25, 0.3) is 11.0 Å². The Morgan fingerprint density at radius 1 is 1.24 bits per heavy atom. The third kappa shape index (κ3) is 3.95. The maximum absolute atomic E-state index is 13.2. The summed E-state index contributed by atoms with van der Waals surface area (Å²) in [5.74, 6) is 0.741. The topological polar surface area (TPSA) is 82.9 Å². The third-order valence-electron chi connectivity index (χ3n) is 6.75. The maximum Gasteiger partial charge on any atom is 0.494 e. The zero-order chi connectivity index (χ0) is 23.7. The normalized spacial score (nSPS) is 26.4. The average Bonchev–Trinajstić information content (AvgIpc) is 3.46. The van der Waals surface area contributed by atoms with Crippen LogP contribution < -0.4 is 5.46 Å². The van der Waals surface area contributed by atoms with Crippen LogP contribution in [0.4, 0.5) is 4.79 Å². The molecule has 8 nitrogen and oxygen atoms in total. The van der Waals surface area contributed by atoms with Crippen LogP contribution in [0.3, 0.4) is 0 Å². The van der Waals surface area contributed by atoms with Crippen molar-refractivity contribution >= 4 is 35.6 Å². The summed E-state index contributed by atoms with van der Waals surface area (Å²) in [6.45, 7) is 11.6. The number of nitrogens with zero attached hydrogens (tertiary/aromatic N) is 3. The van der Waals surface area contributed by atoms with E-state index >= 15 is 0 Å². The predicted molar refractivity (Wildman–Crippen MR) is 124 cm³/mol. The van der Waals surface area contributed by atoms with Crippen molar-refractivity contribution in [2.45, 2.75) is 84.1 Å². The van der Waals surface area contributed by atoms with E-state index in [0.717, 1.165) is 24.7 Å². The number of ether oxygens (including phenoxy) is 1. The first-order valence-electron chi connectivity index (χ1n) is 11.8. The molecule has 0 N–H and O–H groups in total. The van der Waals surface area contributed by atoms with Gasteiger partial charge in [-0.25, -0.2) is 9.78 Å². The van der Waals surface area contributed by atoms with E-state index in [1.54, 1.807) is 4.57 Å². The molecule has 9 heteroatoms. The Balaban J connectivity index is 1.56. The number of carbonyl (C=O) groups is 2. The first-order chi connectivity index (χ1) is 15.4. The summed E-state index contributed by atoms with van der Waals surface area (Å²) < 4.78 is 19.3. The van der Waals surface area contributed by atoms with Crippen molar-refractivity contribution < 1.29 is 23.6 Å². The summed E-state index contributed by atoms with van der Waals surface area (Å²) in [4.78, 5) is 32.7. The lowest BCUT2D eigenvalue weighted by Gasteiger charge is -2.36. The minimum atomic E-state index is -0.589. The van der Waals surface area contributed by atoms with Crippen LogP contribution in [0.2, 0.25) is 0 Å². The van der Waals surface area contributed by atoms with Crippen molar-refractivity contribution in [2.75, 3.05) is 6.61 Å². The molecule has 0 spiro atoms. The SMILES string of the molecule is CC(=O)n1c([C@@H]2[C@H]3CCC(C3)N2C(=O)OC(C)(C)C)nc2ccc(B3OCC(C)(C)O3)cc21. The smallest absolute Gasteiger partial charge is 0.444 e. The molecule has 1 saturated carbocycles. The van der Waals surface area contributed by atoms with Gasteiger partial charge in [-0.05, 0) is 77.4 Å². The molecule has 3 fully saturated rings. The Bertz CT molecular complexity index is 1120. The van der Waals surface area contributed by atoms with E-state index in [-0.39, 0.29) is 35.6 Å². The number of hydrogen-bond acceptors (Lipinski definition) is 6. The Labute approximate surface area is 194 Å².